The normalized spacial score (nSPS) is 11.1. The second-order valence-electron chi connectivity index (χ2n) is 4.53. The van der Waals surface area contributed by atoms with Gasteiger partial charge in [0.25, 0.3) is 0 Å². The molecule has 0 amide bonds. The van der Waals surface area contributed by atoms with Gasteiger partial charge in [0.05, 0.1) is 4.90 Å². The van der Waals surface area contributed by atoms with Gasteiger partial charge < -0.3 is 9.93 Å². The van der Waals surface area contributed by atoms with E-state index in [1.54, 1.807) is 12.1 Å². The number of benzene rings is 2. The van der Waals surface area contributed by atoms with E-state index in [4.69, 9.17) is 0 Å². The zero-order valence-electron chi connectivity index (χ0n) is 12.3. The Morgan fingerprint density at radius 3 is 1.90 bits per heavy atom. The van der Waals surface area contributed by atoms with Gasteiger partial charge in [-0.15, -0.1) is 0 Å². The van der Waals surface area contributed by atoms with Crippen molar-refractivity contribution >= 4 is 16.2 Å². The Hall–Kier alpha value is -1.14. The van der Waals surface area contributed by atoms with Gasteiger partial charge in [0.15, 0.2) is 0 Å². The molecule has 2 aromatic rings. The fourth-order valence-corrected chi connectivity index (χ4v) is 2.31. The minimum absolute atomic E-state index is 0. The number of sulfonamides is 1. The molecular formula is C15H15N2NaO2S. The van der Waals surface area contributed by atoms with Gasteiger partial charge in [0, 0.05) is 6.21 Å². The molecule has 104 valence electrons. The van der Waals surface area contributed by atoms with E-state index in [1.807, 2.05) is 38.1 Å². The number of nitrogens with zero attached hydrogens (tertiary/aromatic N) is 2. The van der Waals surface area contributed by atoms with Crippen LogP contribution in [0, 0.1) is 13.8 Å². The quantitative estimate of drug-likeness (QED) is 0.466. The van der Waals surface area contributed by atoms with Crippen molar-refractivity contribution in [3.63, 3.8) is 0 Å². The van der Waals surface area contributed by atoms with Crippen LogP contribution in [0.4, 0.5) is 0 Å². The molecular weight excluding hydrogens is 295 g/mol. The fourth-order valence-electron chi connectivity index (χ4n) is 1.56. The van der Waals surface area contributed by atoms with Crippen molar-refractivity contribution in [2.24, 2.45) is 5.10 Å². The van der Waals surface area contributed by atoms with E-state index < -0.39 is 10.0 Å². The third-order valence-electron chi connectivity index (χ3n) is 2.76. The Kier molecular flexibility index (Phi) is 6.61. The Bertz CT molecular complexity index is 708. The van der Waals surface area contributed by atoms with Gasteiger partial charge in [-0.25, -0.2) is 8.42 Å². The third kappa shape index (κ3) is 5.28. The van der Waals surface area contributed by atoms with Crippen molar-refractivity contribution in [2.75, 3.05) is 0 Å². The monoisotopic (exact) mass is 310 g/mol. The molecule has 0 bridgehead atoms. The van der Waals surface area contributed by atoms with Crippen LogP contribution >= 0.6 is 0 Å². The zero-order chi connectivity index (χ0) is 14.6. The van der Waals surface area contributed by atoms with Crippen molar-refractivity contribution in [3.05, 3.63) is 70.1 Å². The Balaban J connectivity index is 0.00000220. The molecule has 0 saturated heterocycles. The average molecular weight is 310 g/mol. The first-order valence-electron chi connectivity index (χ1n) is 6.11. The molecule has 6 heteroatoms. The molecule has 0 fully saturated rings. The topological polar surface area (TPSA) is 60.6 Å². The van der Waals surface area contributed by atoms with Crippen LogP contribution in [0.2, 0.25) is 0 Å². The van der Waals surface area contributed by atoms with Crippen molar-refractivity contribution in [1.82, 2.24) is 0 Å². The molecule has 0 heterocycles. The standard InChI is InChI=1S/C15H15N2O2S.Na/c1-12-3-7-14(8-4-12)11-16-17-20(18,19)15-9-5-13(2)6-10-15;/h3-11H,1-2H3;/q-1;+1/b16-11+;. The van der Waals surface area contributed by atoms with E-state index in [1.165, 1.54) is 18.3 Å². The first kappa shape index (κ1) is 17.9. The smallest absolute Gasteiger partial charge is 0.491 e. The summed E-state index contributed by atoms with van der Waals surface area (Å²) in [5.74, 6) is 0. The molecule has 0 aliphatic heterocycles. The predicted octanol–water partition coefficient (Wildman–Crippen LogP) is 0.404. The summed E-state index contributed by atoms with van der Waals surface area (Å²) in [5, 5.41) is 3.65. The Morgan fingerprint density at radius 2 is 1.38 bits per heavy atom. The summed E-state index contributed by atoms with van der Waals surface area (Å²) >= 11 is 0. The molecule has 2 aromatic carbocycles. The molecule has 4 nitrogen and oxygen atoms in total. The molecule has 0 aliphatic carbocycles. The van der Waals surface area contributed by atoms with Crippen LogP contribution in [0.15, 0.2) is 58.5 Å². The molecule has 0 atom stereocenters. The van der Waals surface area contributed by atoms with Crippen LogP contribution in [-0.4, -0.2) is 14.6 Å². The van der Waals surface area contributed by atoms with E-state index in [0.29, 0.717) is 0 Å². The van der Waals surface area contributed by atoms with Gasteiger partial charge in [-0.05, 0) is 31.5 Å². The predicted molar refractivity (Wildman–Crippen MR) is 80.5 cm³/mol. The minimum atomic E-state index is -3.73. The number of aryl methyl sites for hydroxylation is 2. The molecule has 0 N–H and O–H groups in total. The van der Waals surface area contributed by atoms with Crippen molar-refractivity contribution in [2.45, 2.75) is 18.7 Å². The summed E-state index contributed by atoms with van der Waals surface area (Å²) in [6.45, 7) is 3.87. The summed E-state index contributed by atoms with van der Waals surface area (Å²) in [6.07, 6.45) is 1.42. The van der Waals surface area contributed by atoms with Crippen molar-refractivity contribution in [3.8, 4) is 0 Å². The summed E-state index contributed by atoms with van der Waals surface area (Å²) in [7, 11) is -3.73. The van der Waals surface area contributed by atoms with Crippen LogP contribution < -0.4 is 29.6 Å². The van der Waals surface area contributed by atoms with Gasteiger partial charge in [-0.2, -0.15) is 0 Å². The maximum Gasteiger partial charge on any atom is 1.00 e. The van der Waals surface area contributed by atoms with Gasteiger partial charge in [-0.1, -0.05) is 47.5 Å². The Labute approximate surface area is 147 Å². The molecule has 0 aliphatic rings. The van der Waals surface area contributed by atoms with E-state index in [-0.39, 0.29) is 34.5 Å². The van der Waals surface area contributed by atoms with Crippen LogP contribution in [0.5, 0.6) is 0 Å². The zero-order valence-corrected chi connectivity index (χ0v) is 15.1. The third-order valence-corrected chi connectivity index (χ3v) is 3.93. The summed E-state index contributed by atoms with van der Waals surface area (Å²) < 4.78 is 23.8. The Morgan fingerprint density at radius 1 is 0.905 bits per heavy atom. The average Bonchev–Trinajstić information content (AvgIpc) is 2.41. The van der Waals surface area contributed by atoms with Gasteiger partial charge >= 0.3 is 29.6 Å². The number of hydrogen-bond donors (Lipinski definition) is 0. The summed E-state index contributed by atoms with van der Waals surface area (Å²) in [4.78, 5) is 3.56. The van der Waals surface area contributed by atoms with Crippen LogP contribution in [0.1, 0.15) is 16.7 Å². The maximum atomic E-state index is 11.9. The molecule has 0 saturated carbocycles. The molecule has 0 spiro atoms. The van der Waals surface area contributed by atoms with Crippen LogP contribution in [0.25, 0.3) is 4.83 Å². The minimum Gasteiger partial charge on any atom is -0.491 e. The second-order valence-corrected chi connectivity index (χ2v) is 6.11. The van der Waals surface area contributed by atoms with Gasteiger partial charge in [0.1, 0.15) is 10.0 Å². The number of hydrogen-bond acceptors (Lipinski definition) is 3. The summed E-state index contributed by atoms with van der Waals surface area (Å²) in [5.41, 5.74) is 2.93. The maximum absolute atomic E-state index is 11.9. The van der Waals surface area contributed by atoms with E-state index in [0.717, 1.165) is 16.7 Å². The van der Waals surface area contributed by atoms with E-state index in [2.05, 4.69) is 9.93 Å². The molecule has 0 aromatic heterocycles. The fraction of sp³-hybridized carbons (Fsp3) is 0.133. The first-order valence-corrected chi connectivity index (χ1v) is 7.55. The van der Waals surface area contributed by atoms with Gasteiger partial charge in [0.2, 0.25) is 0 Å². The molecule has 0 radical (unpaired) electrons. The first-order chi connectivity index (χ1) is 9.47. The van der Waals surface area contributed by atoms with Crippen molar-refractivity contribution in [1.29, 1.82) is 0 Å². The second kappa shape index (κ2) is 7.75. The molecule has 2 rings (SSSR count). The van der Waals surface area contributed by atoms with Crippen LogP contribution in [-0.2, 0) is 10.0 Å². The van der Waals surface area contributed by atoms with Crippen LogP contribution in [0.3, 0.4) is 0 Å². The van der Waals surface area contributed by atoms with Crippen molar-refractivity contribution < 1.29 is 38.0 Å². The number of rotatable bonds is 4. The SMILES string of the molecule is Cc1ccc(/C=N/[N-]S(=O)(=O)c2ccc(C)cc2)cc1.[Na+]. The summed E-state index contributed by atoms with van der Waals surface area (Å²) in [6, 6.07) is 14.1. The van der Waals surface area contributed by atoms with Gasteiger partial charge in [-0.3, -0.25) is 0 Å². The van der Waals surface area contributed by atoms with E-state index in [9.17, 15) is 8.42 Å². The van der Waals surface area contributed by atoms with E-state index >= 15 is 0 Å². The molecule has 0 unspecified atom stereocenters. The molecule has 21 heavy (non-hydrogen) atoms. The largest absolute Gasteiger partial charge is 1.00 e.